The highest BCUT2D eigenvalue weighted by Gasteiger charge is 2.18. The van der Waals surface area contributed by atoms with Crippen LogP contribution in [0.15, 0.2) is 18.2 Å². The van der Waals surface area contributed by atoms with Gasteiger partial charge in [-0.05, 0) is 36.8 Å². The monoisotopic (exact) mass is 250 g/mol. The lowest BCUT2D eigenvalue weighted by Gasteiger charge is -2.21. The fourth-order valence-corrected chi connectivity index (χ4v) is 1.71. The maximum atomic E-state index is 12.0. The number of aliphatic hydroxyl groups is 1. The van der Waals surface area contributed by atoms with Gasteiger partial charge in [0.25, 0.3) is 0 Å². The topological polar surface area (TPSA) is 46.5 Å². The van der Waals surface area contributed by atoms with E-state index < -0.39 is 0 Å². The predicted octanol–water partition coefficient (Wildman–Crippen LogP) is 2.87. The van der Waals surface area contributed by atoms with Crippen LogP contribution in [0.4, 0.5) is 0 Å². The van der Waals surface area contributed by atoms with E-state index in [1.807, 2.05) is 45.9 Å². The largest absolute Gasteiger partial charge is 0.462 e. The van der Waals surface area contributed by atoms with E-state index in [9.17, 15) is 4.79 Å². The number of aryl methyl sites for hydroxylation is 2. The second kappa shape index (κ2) is 6.01. The summed E-state index contributed by atoms with van der Waals surface area (Å²) in [5, 5.41) is 9.12. The summed E-state index contributed by atoms with van der Waals surface area (Å²) < 4.78 is 5.28. The summed E-state index contributed by atoms with van der Waals surface area (Å²) >= 11 is 0. The molecule has 0 atom stereocenters. The van der Waals surface area contributed by atoms with Gasteiger partial charge in [-0.1, -0.05) is 32.0 Å². The third-order valence-corrected chi connectivity index (χ3v) is 3.13. The van der Waals surface area contributed by atoms with Crippen LogP contribution in [-0.4, -0.2) is 24.3 Å². The van der Waals surface area contributed by atoms with Crippen LogP contribution in [0.5, 0.6) is 0 Å². The standard InChI is InChI=1S/C15H22O3/c1-11-6-5-7-12(2)13(11)14(17)18-9-8-15(3,4)10-16/h5-7,16H,8-10H2,1-4H3. The normalized spacial score (nSPS) is 11.4. The first-order chi connectivity index (χ1) is 8.37. The van der Waals surface area contributed by atoms with Crippen molar-refractivity contribution in [1.82, 2.24) is 0 Å². The van der Waals surface area contributed by atoms with Crippen LogP contribution in [0.25, 0.3) is 0 Å². The van der Waals surface area contributed by atoms with Gasteiger partial charge in [-0.3, -0.25) is 0 Å². The number of esters is 1. The molecular formula is C15H22O3. The maximum absolute atomic E-state index is 12.0. The zero-order valence-electron chi connectivity index (χ0n) is 11.6. The van der Waals surface area contributed by atoms with Gasteiger partial charge in [0.2, 0.25) is 0 Å². The van der Waals surface area contributed by atoms with Crippen LogP contribution in [0.1, 0.15) is 41.8 Å². The van der Waals surface area contributed by atoms with Crippen molar-refractivity contribution in [1.29, 1.82) is 0 Å². The Morgan fingerprint density at radius 1 is 1.28 bits per heavy atom. The Labute approximate surface area is 109 Å². The molecule has 0 radical (unpaired) electrons. The molecular weight excluding hydrogens is 228 g/mol. The van der Waals surface area contributed by atoms with Crippen molar-refractivity contribution in [2.24, 2.45) is 5.41 Å². The van der Waals surface area contributed by atoms with Crippen molar-refractivity contribution < 1.29 is 14.6 Å². The lowest BCUT2D eigenvalue weighted by atomic mass is 9.91. The van der Waals surface area contributed by atoms with Crippen molar-refractivity contribution in [3.8, 4) is 0 Å². The molecule has 0 fully saturated rings. The van der Waals surface area contributed by atoms with Crippen molar-refractivity contribution in [3.63, 3.8) is 0 Å². The molecule has 0 saturated heterocycles. The molecule has 100 valence electrons. The zero-order chi connectivity index (χ0) is 13.8. The van der Waals surface area contributed by atoms with E-state index >= 15 is 0 Å². The zero-order valence-corrected chi connectivity index (χ0v) is 11.6. The molecule has 1 aromatic rings. The van der Waals surface area contributed by atoms with E-state index in [2.05, 4.69) is 0 Å². The summed E-state index contributed by atoms with van der Waals surface area (Å²) in [7, 11) is 0. The molecule has 1 aromatic carbocycles. The van der Waals surface area contributed by atoms with Crippen molar-refractivity contribution in [2.75, 3.05) is 13.2 Å². The summed E-state index contributed by atoms with van der Waals surface area (Å²) in [5.41, 5.74) is 2.31. The summed E-state index contributed by atoms with van der Waals surface area (Å²) in [6.45, 7) is 8.12. The van der Waals surface area contributed by atoms with Crippen molar-refractivity contribution in [2.45, 2.75) is 34.1 Å². The minimum atomic E-state index is -0.278. The van der Waals surface area contributed by atoms with Gasteiger partial charge in [0.15, 0.2) is 0 Å². The third kappa shape index (κ3) is 3.84. The van der Waals surface area contributed by atoms with E-state index in [1.54, 1.807) is 0 Å². The van der Waals surface area contributed by atoms with Gasteiger partial charge in [0.05, 0.1) is 12.2 Å². The molecule has 18 heavy (non-hydrogen) atoms. The highest BCUT2D eigenvalue weighted by Crippen LogP contribution is 2.20. The SMILES string of the molecule is Cc1cccc(C)c1C(=O)OCCC(C)(C)CO. The Kier molecular flexibility index (Phi) is 4.91. The Morgan fingerprint density at radius 3 is 2.33 bits per heavy atom. The molecule has 0 heterocycles. The van der Waals surface area contributed by atoms with Crippen LogP contribution in [0.3, 0.4) is 0 Å². The molecule has 0 unspecified atom stereocenters. The van der Waals surface area contributed by atoms with Crippen LogP contribution in [0.2, 0.25) is 0 Å². The summed E-state index contributed by atoms with van der Waals surface area (Å²) in [6, 6.07) is 5.73. The minimum Gasteiger partial charge on any atom is -0.462 e. The Balaban J connectivity index is 2.62. The van der Waals surface area contributed by atoms with Crippen molar-refractivity contribution in [3.05, 3.63) is 34.9 Å². The lowest BCUT2D eigenvalue weighted by molar-refractivity contribution is 0.0413. The number of rotatable bonds is 5. The van der Waals surface area contributed by atoms with E-state index in [0.717, 1.165) is 11.1 Å². The first-order valence-corrected chi connectivity index (χ1v) is 6.21. The van der Waals surface area contributed by atoms with Crippen LogP contribution in [0, 0.1) is 19.3 Å². The molecule has 0 amide bonds. The van der Waals surface area contributed by atoms with E-state index in [1.165, 1.54) is 0 Å². The molecule has 3 nitrogen and oxygen atoms in total. The van der Waals surface area contributed by atoms with Gasteiger partial charge in [0.1, 0.15) is 0 Å². The summed E-state index contributed by atoms with van der Waals surface area (Å²) in [4.78, 5) is 12.0. The van der Waals surface area contributed by atoms with Crippen molar-refractivity contribution >= 4 is 5.97 Å². The van der Waals surface area contributed by atoms with Gasteiger partial charge in [0, 0.05) is 6.61 Å². The molecule has 0 bridgehead atoms. The second-order valence-corrected chi connectivity index (χ2v) is 5.48. The highest BCUT2D eigenvalue weighted by molar-refractivity contribution is 5.92. The molecule has 3 heteroatoms. The molecule has 0 aliphatic carbocycles. The number of carbonyl (C=O) groups is 1. The lowest BCUT2D eigenvalue weighted by Crippen LogP contribution is -2.20. The Hall–Kier alpha value is -1.35. The van der Waals surface area contributed by atoms with Gasteiger partial charge >= 0.3 is 5.97 Å². The number of aliphatic hydroxyl groups excluding tert-OH is 1. The average Bonchev–Trinajstić information content (AvgIpc) is 2.28. The number of hydrogen-bond donors (Lipinski definition) is 1. The van der Waals surface area contributed by atoms with E-state index in [4.69, 9.17) is 9.84 Å². The van der Waals surface area contributed by atoms with Gasteiger partial charge in [-0.25, -0.2) is 4.79 Å². The number of benzene rings is 1. The first kappa shape index (κ1) is 14.7. The highest BCUT2D eigenvalue weighted by atomic mass is 16.5. The Bertz CT molecular complexity index is 401. The molecule has 0 aliphatic rings. The summed E-state index contributed by atoms with van der Waals surface area (Å²) in [6.07, 6.45) is 0.653. The predicted molar refractivity (Wildman–Crippen MR) is 71.7 cm³/mol. The first-order valence-electron chi connectivity index (χ1n) is 6.21. The van der Waals surface area contributed by atoms with Crippen LogP contribution >= 0.6 is 0 Å². The fraction of sp³-hybridized carbons (Fsp3) is 0.533. The van der Waals surface area contributed by atoms with Crippen LogP contribution in [-0.2, 0) is 4.74 Å². The van der Waals surface area contributed by atoms with E-state index in [-0.39, 0.29) is 18.0 Å². The maximum Gasteiger partial charge on any atom is 0.338 e. The van der Waals surface area contributed by atoms with Gasteiger partial charge in [-0.15, -0.1) is 0 Å². The fourth-order valence-electron chi connectivity index (χ4n) is 1.71. The van der Waals surface area contributed by atoms with Gasteiger partial charge < -0.3 is 9.84 Å². The van der Waals surface area contributed by atoms with Gasteiger partial charge in [-0.2, -0.15) is 0 Å². The smallest absolute Gasteiger partial charge is 0.338 e. The Morgan fingerprint density at radius 2 is 1.83 bits per heavy atom. The molecule has 0 saturated carbocycles. The number of ether oxygens (including phenoxy) is 1. The summed E-state index contributed by atoms with van der Waals surface area (Å²) in [5.74, 6) is -0.278. The quantitative estimate of drug-likeness (QED) is 0.817. The molecule has 1 rings (SSSR count). The second-order valence-electron chi connectivity index (χ2n) is 5.48. The molecule has 0 spiro atoms. The third-order valence-electron chi connectivity index (χ3n) is 3.13. The molecule has 0 aliphatic heterocycles. The number of carbonyl (C=O) groups excluding carboxylic acids is 1. The average molecular weight is 250 g/mol. The molecule has 1 N–H and O–H groups in total. The minimum absolute atomic E-state index is 0.0912. The van der Waals surface area contributed by atoms with E-state index in [0.29, 0.717) is 18.6 Å². The van der Waals surface area contributed by atoms with Crippen LogP contribution < -0.4 is 0 Å². The molecule has 0 aromatic heterocycles. The number of hydrogen-bond acceptors (Lipinski definition) is 3.